The number of rotatable bonds is 3. The Kier molecular flexibility index (Phi) is 5.21. The van der Waals surface area contributed by atoms with Gasteiger partial charge in [-0.05, 0) is 61.4 Å². The number of aromatic nitrogens is 3. The number of anilines is 2. The van der Waals surface area contributed by atoms with Crippen LogP contribution in [0.25, 0.3) is 10.9 Å². The summed E-state index contributed by atoms with van der Waals surface area (Å²) in [6.07, 6.45) is 13.5. The SMILES string of the molecule is C1CCC2(CC1)CC2.CS(=O)(=O)c1ccc(Nc2n[nH]c3cc[nH]c(=O)c23)cc1. The molecule has 1 aromatic carbocycles. The molecule has 3 N–H and O–H groups in total. The van der Waals surface area contributed by atoms with Crippen LogP contribution >= 0.6 is 0 Å². The van der Waals surface area contributed by atoms with Gasteiger partial charge in [0.15, 0.2) is 15.7 Å². The molecule has 7 nitrogen and oxygen atoms in total. The molecule has 0 amide bonds. The second kappa shape index (κ2) is 7.67. The molecule has 8 heteroatoms. The smallest absolute Gasteiger partial charge is 0.261 e. The molecular weight excluding hydrogens is 388 g/mol. The van der Waals surface area contributed by atoms with E-state index < -0.39 is 9.84 Å². The van der Waals surface area contributed by atoms with Crippen molar-refractivity contribution in [1.82, 2.24) is 15.2 Å². The summed E-state index contributed by atoms with van der Waals surface area (Å²) in [5.74, 6) is 0.388. The monoisotopic (exact) mass is 414 g/mol. The van der Waals surface area contributed by atoms with Crippen LogP contribution in [0.2, 0.25) is 0 Å². The molecule has 0 atom stereocenters. The van der Waals surface area contributed by atoms with E-state index in [-0.39, 0.29) is 10.5 Å². The van der Waals surface area contributed by atoms with Gasteiger partial charge in [-0.1, -0.05) is 19.3 Å². The molecule has 3 aromatic rings. The number of fused-ring (bicyclic) bond motifs is 1. The number of nitrogens with one attached hydrogen (secondary N) is 3. The van der Waals surface area contributed by atoms with Crippen molar-refractivity contribution < 1.29 is 8.42 Å². The highest BCUT2D eigenvalue weighted by atomic mass is 32.2. The number of sulfone groups is 1. The number of aromatic amines is 2. The number of benzene rings is 1. The highest BCUT2D eigenvalue weighted by Crippen LogP contribution is 2.55. The minimum atomic E-state index is -3.23. The summed E-state index contributed by atoms with van der Waals surface area (Å²) in [5.41, 5.74) is 1.93. The first kappa shape index (κ1) is 19.7. The van der Waals surface area contributed by atoms with Gasteiger partial charge in [0.25, 0.3) is 5.56 Å². The Morgan fingerprint density at radius 2 is 1.69 bits per heavy atom. The van der Waals surface area contributed by atoms with Gasteiger partial charge in [-0.2, -0.15) is 5.10 Å². The second-order valence-corrected chi connectivity index (χ2v) is 10.2. The lowest BCUT2D eigenvalue weighted by Crippen LogP contribution is -2.05. The molecule has 2 heterocycles. The summed E-state index contributed by atoms with van der Waals surface area (Å²) in [7, 11) is -3.23. The molecule has 2 aromatic heterocycles. The molecule has 0 saturated heterocycles. The zero-order chi connectivity index (χ0) is 20.5. The molecule has 5 rings (SSSR count). The summed E-state index contributed by atoms with van der Waals surface area (Å²) < 4.78 is 22.8. The first-order valence-corrected chi connectivity index (χ1v) is 11.9. The highest BCUT2D eigenvalue weighted by Gasteiger charge is 2.42. The molecule has 2 saturated carbocycles. The van der Waals surface area contributed by atoms with Crippen LogP contribution in [-0.2, 0) is 9.84 Å². The van der Waals surface area contributed by atoms with Gasteiger partial charge >= 0.3 is 0 Å². The quantitative estimate of drug-likeness (QED) is 0.597. The number of hydrogen-bond donors (Lipinski definition) is 3. The number of H-pyrrole nitrogens is 2. The van der Waals surface area contributed by atoms with E-state index in [2.05, 4.69) is 20.5 Å². The van der Waals surface area contributed by atoms with Gasteiger partial charge in [0.05, 0.1) is 10.4 Å². The van der Waals surface area contributed by atoms with Crippen molar-refractivity contribution in [1.29, 1.82) is 0 Å². The van der Waals surface area contributed by atoms with Crippen LogP contribution in [-0.4, -0.2) is 29.9 Å². The van der Waals surface area contributed by atoms with Crippen molar-refractivity contribution >= 4 is 32.2 Å². The van der Waals surface area contributed by atoms with Crippen LogP contribution in [0.15, 0.2) is 46.2 Å². The van der Waals surface area contributed by atoms with Crippen molar-refractivity contribution in [3.63, 3.8) is 0 Å². The van der Waals surface area contributed by atoms with E-state index in [1.165, 1.54) is 37.6 Å². The first-order chi connectivity index (χ1) is 13.9. The third-order valence-corrected chi connectivity index (χ3v) is 7.03. The minimum Gasteiger partial charge on any atom is -0.338 e. The maximum absolute atomic E-state index is 11.8. The van der Waals surface area contributed by atoms with Crippen molar-refractivity contribution in [2.75, 3.05) is 11.6 Å². The number of hydrogen-bond acceptors (Lipinski definition) is 5. The first-order valence-electron chi connectivity index (χ1n) is 9.99. The molecule has 0 bridgehead atoms. The largest absolute Gasteiger partial charge is 0.338 e. The minimum absolute atomic E-state index is 0.234. The Balaban J connectivity index is 0.000000211. The lowest BCUT2D eigenvalue weighted by Gasteiger charge is -2.19. The van der Waals surface area contributed by atoms with Crippen LogP contribution in [0.4, 0.5) is 11.5 Å². The van der Waals surface area contributed by atoms with E-state index in [1.807, 2.05) is 0 Å². The summed E-state index contributed by atoms with van der Waals surface area (Å²) in [4.78, 5) is 14.6. The van der Waals surface area contributed by atoms with Crippen molar-refractivity contribution in [2.24, 2.45) is 5.41 Å². The van der Waals surface area contributed by atoms with Gasteiger partial charge in [0.1, 0.15) is 5.39 Å². The van der Waals surface area contributed by atoms with Gasteiger partial charge in [-0.25, -0.2) is 8.42 Å². The van der Waals surface area contributed by atoms with E-state index in [9.17, 15) is 13.2 Å². The third-order valence-electron chi connectivity index (χ3n) is 5.90. The van der Waals surface area contributed by atoms with Crippen LogP contribution < -0.4 is 10.9 Å². The predicted octanol–water partition coefficient (Wildman–Crippen LogP) is 4.13. The maximum Gasteiger partial charge on any atom is 0.261 e. The van der Waals surface area contributed by atoms with Crippen molar-refractivity contribution in [3.05, 3.63) is 46.9 Å². The van der Waals surface area contributed by atoms with Gasteiger partial charge < -0.3 is 10.3 Å². The molecule has 0 radical (unpaired) electrons. The maximum atomic E-state index is 11.8. The molecule has 29 heavy (non-hydrogen) atoms. The van der Waals surface area contributed by atoms with E-state index in [1.54, 1.807) is 43.9 Å². The average Bonchev–Trinajstić information content (AvgIpc) is 3.31. The van der Waals surface area contributed by atoms with E-state index in [4.69, 9.17) is 0 Å². The number of nitrogens with zero attached hydrogens (tertiary/aromatic N) is 1. The van der Waals surface area contributed by atoms with E-state index in [0.717, 1.165) is 11.7 Å². The van der Waals surface area contributed by atoms with E-state index in [0.29, 0.717) is 22.4 Å². The van der Waals surface area contributed by atoms with Crippen LogP contribution in [0, 0.1) is 5.41 Å². The van der Waals surface area contributed by atoms with Gasteiger partial charge in [0, 0.05) is 18.1 Å². The zero-order valence-corrected chi connectivity index (χ0v) is 17.3. The van der Waals surface area contributed by atoms with Crippen LogP contribution in [0.3, 0.4) is 0 Å². The lowest BCUT2D eigenvalue weighted by molar-refractivity contribution is 0.337. The molecular formula is C21H26N4O3S. The standard InChI is InChI=1S/C13H12N4O3S.C8H14/c1-21(19,20)9-4-2-8(3-5-9)15-12-11-10(16-17-12)6-7-14-13(11)18;1-2-4-8(5-3-1)6-7-8/h2-7H,1H3,(H,14,18)(H2,15,16,17);1-7H2. The van der Waals surface area contributed by atoms with Crippen LogP contribution in [0.5, 0.6) is 0 Å². The van der Waals surface area contributed by atoms with Gasteiger partial charge in [-0.3, -0.25) is 9.89 Å². The highest BCUT2D eigenvalue weighted by molar-refractivity contribution is 7.90. The Labute approximate surface area is 169 Å². The second-order valence-electron chi connectivity index (χ2n) is 8.15. The topological polar surface area (TPSA) is 108 Å². The predicted molar refractivity (Wildman–Crippen MR) is 114 cm³/mol. The molecule has 2 aliphatic rings. The zero-order valence-electron chi connectivity index (χ0n) is 16.5. The molecule has 154 valence electrons. The molecule has 1 spiro atoms. The number of pyridine rings is 1. The molecule has 0 unspecified atom stereocenters. The Morgan fingerprint density at radius 1 is 1.00 bits per heavy atom. The fraction of sp³-hybridized carbons (Fsp3) is 0.429. The fourth-order valence-electron chi connectivity index (χ4n) is 3.97. The fourth-order valence-corrected chi connectivity index (χ4v) is 4.60. The molecule has 2 fully saturated rings. The van der Waals surface area contributed by atoms with Crippen molar-refractivity contribution in [3.8, 4) is 0 Å². The Hall–Kier alpha value is -2.61. The summed E-state index contributed by atoms with van der Waals surface area (Å²) in [6, 6.07) is 7.94. The van der Waals surface area contributed by atoms with Gasteiger partial charge in [-0.15, -0.1) is 0 Å². The van der Waals surface area contributed by atoms with Gasteiger partial charge in [0.2, 0.25) is 0 Å². The Morgan fingerprint density at radius 3 is 2.28 bits per heavy atom. The normalized spacial score (nSPS) is 17.6. The summed E-state index contributed by atoms with van der Waals surface area (Å²) in [6.45, 7) is 0. The summed E-state index contributed by atoms with van der Waals surface area (Å²) >= 11 is 0. The van der Waals surface area contributed by atoms with Crippen molar-refractivity contribution in [2.45, 2.75) is 49.8 Å². The molecule has 2 aliphatic carbocycles. The van der Waals surface area contributed by atoms with Crippen LogP contribution in [0.1, 0.15) is 44.9 Å². The Bertz CT molecular complexity index is 1150. The third kappa shape index (κ3) is 4.53. The van der Waals surface area contributed by atoms with E-state index >= 15 is 0 Å². The average molecular weight is 415 g/mol. The summed E-state index contributed by atoms with van der Waals surface area (Å²) in [5, 5.41) is 10.2. The lowest BCUT2D eigenvalue weighted by atomic mass is 9.87. The molecule has 0 aliphatic heterocycles.